The van der Waals surface area contributed by atoms with Gasteiger partial charge in [0.1, 0.15) is 0 Å². The topological polar surface area (TPSA) is 81.7 Å². The maximum Gasteiger partial charge on any atom is 0.337 e. The van der Waals surface area contributed by atoms with Crippen LogP contribution in [-0.2, 0) is 19.1 Å². The first kappa shape index (κ1) is 22.1. The van der Waals surface area contributed by atoms with Gasteiger partial charge in [-0.05, 0) is 36.1 Å². The van der Waals surface area contributed by atoms with E-state index >= 15 is 0 Å². The Labute approximate surface area is 171 Å². The zero-order chi connectivity index (χ0) is 21.4. The molecule has 2 aromatic rings. The number of anilines is 1. The van der Waals surface area contributed by atoms with Gasteiger partial charge in [-0.3, -0.25) is 9.59 Å². The molecule has 0 saturated heterocycles. The van der Waals surface area contributed by atoms with E-state index in [-0.39, 0.29) is 5.92 Å². The van der Waals surface area contributed by atoms with Crippen molar-refractivity contribution >= 4 is 23.5 Å². The number of nitrogens with one attached hydrogen (secondary N) is 1. The van der Waals surface area contributed by atoms with Gasteiger partial charge in [0.2, 0.25) is 0 Å². The Morgan fingerprint density at radius 1 is 1.07 bits per heavy atom. The highest BCUT2D eigenvalue weighted by Crippen LogP contribution is 2.28. The van der Waals surface area contributed by atoms with Crippen LogP contribution in [0.4, 0.5) is 5.69 Å². The third kappa shape index (κ3) is 5.91. The molecule has 0 fully saturated rings. The summed E-state index contributed by atoms with van der Waals surface area (Å²) in [5.41, 5.74) is 2.44. The lowest BCUT2D eigenvalue weighted by molar-refractivity contribution is -0.150. The van der Waals surface area contributed by atoms with Gasteiger partial charge in [0.25, 0.3) is 5.91 Å². The molecule has 0 aliphatic heterocycles. The Kier molecular flexibility index (Phi) is 7.95. The molecule has 0 aromatic heterocycles. The lowest BCUT2D eigenvalue weighted by Gasteiger charge is -2.21. The predicted molar refractivity (Wildman–Crippen MR) is 111 cm³/mol. The lowest BCUT2D eigenvalue weighted by Crippen LogP contribution is -2.27. The van der Waals surface area contributed by atoms with Crippen molar-refractivity contribution in [2.75, 3.05) is 19.0 Å². The highest BCUT2D eigenvalue weighted by molar-refractivity contribution is 5.96. The molecule has 1 amide bonds. The summed E-state index contributed by atoms with van der Waals surface area (Å²) in [6.07, 6.45) is 0.806. The van der Waals surface area contributed by atoms with Crippen LogP contribution in [0.1, 0.15) is 47.7 Å². The molecule has 1 N–H and O–H groups in total. The van der Waals surface area contributed by atoms with Crippen LogP contribution in [-0.4, -0.2) is 31.6 Å². The van der Waals surface area contributed by atoms with Gasteiger partial charge in [0.15, 0.2) is 6.61 Å². The fraction of sp³-hybridized carbons (Fsp3) is 0.348. The van der Waals surface area contributed by atoms with E-state index in [9.17, 15) is 14.4 Å². The minimum Gasteiger partial charge on any atom is -0.465 e. The van der Waals surface area contributed by atoms with E-state index in [4.69, 9.17) is 9.47 Å². The van der Waals surface area contributed by atoms with Crippen LogP contribution in [0.15, 0.2) is 48.5 Å². The second-order valence-electron chi connectivity index (χ2n) is 6.95. The van der Waals surface area contributed by atoms with Gasteiger partial charge in [-0.2, -0.15) is 0 Å². The van der Waals surface area contributed by atoms with Crippen molar-refractivity contribution in [2.45, 2.75) is 33.1 Å². The van der Waals surface area contributed by atoms with Gasteiger partial charge in [-0.15, -0.1) is 0 Å². The molecular weight excluding hydrogens is 370 g/mol. The van der Waals surface area contributed by atoms with Gasteiger partial charge >= 0.3 is 11.9 Å². The molecule has 0 heterocycles. The minimum atomic E-state index is -0.494. The number of hydrogen-bond donors (Lipinski definition) is 1. The van der Waals surface area contributed by atoms with Gasteiger partial charge in [0, 0.05) is 5.69 Å². The number of amides is 1. The van der Waals surface area contributed by atoms with Gasteiger partial charge in [-0.25, -0.2) is 4.79 Å². The summed E-state index contributed by atoms with van der Waals surface area (Å²) in [7, 11) is 1.29. The summed E-state index contributed by atoms with van der Waals surface area (Å²) in [6.45, 7) is 5.40. The van der Waals surface area contributed by atoms with Crippen LogP contribution in [0.5, 0.6) is 0 Å². The number of rotatable bonds is 8. The molecule has 2 aromatic carbocycles. The van der Waals surface area contributed by atoms with Crippen molar-refractivity contribution < 1.29 is 23.9 Å². The SMILES string of the molecule is CC[C@H](C)[C@H](C(=O)OCC(=O)Nc1cc(C(=O)OC)ccc1C)c1ccccc1. The van der Waals surface area contributed by atoms with E-state index in [1.807, 2.05) is 44.2 Å². The van der Waals surface area contributed by atoms with Crippen molar-refractivity contribution in [2.24, 2.45) is 5.92 Å². The number of aryl methyl sites for hydroxylation is 1. The molecular formula is C23H27NO5. The quantitative estimate of drug-likeness (QED) is 0.679. The lowest BCUT2D eigenvalue weighted by atomic mass is 9.86. The van der Waals surface area contributed by atoms with Crippen molar-refractivity contribution in [1.29, 1.82) is 0 Å². The predicted octanol–water partition coefficient (Wildman–Crippen LogP) is 4.09. The Bertz CT molecular complexity index is 863. The molecule has 0 saturated carbocycles. The first-order valence-corrected chi connectivity index (χ1v) is 9.57. The number of benzene rings is 2. The average Bonchev–Trinajstić information content (AvgIpc) is 2.74. The second-order valence-corrected chi connectivity index (χ2v) is 6.95. The zero-order valence-electron chi connectivity index (χ0n) is 17.2. The monoisotopic (exact) mass is 397 g/mol. The average molecular weight is 397 g/mol. The first-order chi connectivity index (χ1) is 13.9. The Morgan fingerprint density at radius 3 is 2.38 bits per heavy atom. The molecule has 2 atom stereocenters. The van der Waals surface area contributed by atoms with E-state index in [1.165, 1.54) is 13.2 Å². The van der Waals surface area contributed by atoms with Crippen LogP contribution in [0.3, 0.4) is 0 Å². The zero-order valence-corrected chi connectivity index (χ0v) is 17.2. The minimum absolute atomic E-state index is 0.0759. The second kappa shape index (κ2) is 10.4. The molecule has 154 valence electrons. The van der Waals surface area contributed by atoms with Crippen LogP contribution in [0, 0.1) is 12.8 Å². The molecule has 0 radical (unpaired) electrons. The molecule has 0 aliphatic carbocycles. The number of hydrogen-bond acceptors (Lipinski definition) is 5. The summed E-state index contributed by atoms with van der Waals surface area (Å²) >= 11 is 0. The fourth-order valence-corrected chi connectivity index (χ4v) is 3.01. The van der Waals surface area contributed by atoms with Crippen molar-refractivity contribution in [1.82, 2.24) is 0 Å². The van der Waals surface area contributed by atoms with Crippen LogP contribution < -0.4 is 5.32 Å². The fourth-order valence-electron chi connectivity index (χ4n) is 3.01. The summed E-state index contributed by atoms with van der Waals surface area (Å²) in [5, 5.41) is 2.68. The van der Waals surface area contributed by atoms with Gasteiger partial charge in [0.05, 0.1) is 18.6 Å². The summed E-state index contributed by atoms with van der Waals surface area (Å²) in [6, 6.07) is 14.3. The molecule has 2 rings (SSSR count). The van der Waals surface area contributed by atoms with Crippen molar-refractivity contribution in [3.05, 3.63) is 65.2 Å². The molecule has 0 bridgehead atoms. The summed E-state index contributed by atoms with van der Waals surface area (Å²) in [5.74, 6) is -1.75. The van der Waals surface area contributed by atoms with E-state index in [2.05, 4.69) is 5.32 Å². The number of esters is 2. The van der Waals surface area contributed by atoms with Gasteiger partial charge < -0.3 is 14.8 Å². The molecule has 6 heteroatoms. The van der Waals surface area contributed by atoms with E-state index in [1.54, 1.807) is 19.1 Å². The third-order valence-corrected chi connectivity index (χ3v) is 4.90. The summed E-state index contributed by atoms with van der Waals surface area (Å²) in [4.78, 5) is 36.7. The number of carbonyl (C=O) groups excluding carboxylic acids is 3. The maximum absolute atomic E-state index is 12.7. The normalized spacial score (nSPS) is 12.6. The summed E-state index contributed by atoms with van der Waals surface area (Å²) < 4.78 is 10.0. The smallest absolute Gasteiger partial charge is 0.337 e. The Hall–Kier alpha value is -3.15. The standard InChI is InChI=1S/C23H27NO5/c1-5-15(2)21(17-9-7-6-8-10-17)23(27)29-14-20(25)24-19-13-18(22(26)28-4)12-11-16(19)3/h6-13,15,21H,5,14H2,1-4H3,(H,24,25)/t15-,21-/m0/s1. The van der Waals surface area contributed by atoms with E-state index in [0.29, 0.717) is 11.3 Å². The van der Waals surface area contributed by atoms with Crippen molar-refractivity contribution in [3.63, 3.8) is 0 Å². The first-order valence-electron chi connectivity index (χ1n) is 9.57. The number of ether oxygens (including phenoxy) is 2. The number of methoxy groups -OCH3 is 1. The highest BCUT2D eigenvalue weighted by Gasteiger charge is 2.27. The third-order valence-electron chi connectivity index (χ3n) is 4.90. The van der Waals surface area contributed by atoms with Crippen molar-refractivity contribution in [3.8, 4) is 0 Å². The molecule has 0 spiro atoms. The molecule has 0 aliphatic rings. The molecule has 29 heavy (non-hydrogen) atoms. The number of carbonyl (C=O) groups is 3. The van der Waals surface area contributed by atoms with Crippen LogP contribution in [0.2, 0.25) is 0 Å². The van der Waals surface area contributed by atoms with Gasteiger partial charge in [-0.1, -0.05) is 56.7 Å². The maximum atomic E-state index is 12.7. The largest absolute Gasteiger partial charge is 0.465 e. The van der Waals surface area contributed by atoms with Crippen LogP contribution in [0.25, 0.3) is 0 Å². The molecule has 6 nitrogen and oxygen atoms in total. The Balaban J connectivity index is 2.04. The van der Waals surface area contributed by atoms with E-state index < -0.39 is 30.4 Å². The molecule has 0 unspecified atom stereocenters. The Morgan fingerprint density at radius 2 is 1.76 bits per heavy atom. The highest BCUT2D eigenvalue weighted by atomic mass is 16.5. The van der Waals surface area contributed by atoms with E-state index in [0.717, 1.165) is 17.5 Å². The van der Waals surface area contributed by atoms with Crippen LogP contribution >= 0.6 is 0 Å².